The van der Waals surface area contributed by atoms with Crippen molar-refractivity contribution >= 4 is 163 Å². The molecule has 34 rings (SSSR count). The summed E-state index contributed by atoms with van der Waals surface area (Å²) in [6.45, 7) is 0. The largest absolute Gasteiger partial charge is 0.309 e. The molecule has 0 unspecified atom stereocenters. The molecule has 0 saturated heterocycles. The molecule has 3 aliphatic carbocycles. The molecule has 31 aromatic rings. The van der Waals surface area contributed by atoms with Crippen LogP contribution in [-0.2, 0) is 0 Å². The Morgan fingerprint density at radius 3 is 0.640 bits per heavy atom. The molecular formula is C144H88N6. The Hall–Kier alpha value is -19.9. The Balaban J connectivity index is 0.0000000995. The number of nitrogens with zero attached hydrogens (tertiary/aromatic N) is 6. The first kappa shape index (κ1) is 83.5. The Morgan fingerprint density at radius 2 is 0.300 bits per heavy atom. The molecule has 6 aromatic heterocycles. The molecule has 0 N–H and O–H groups in total. The maximum Gasteiger partial charge on any atom is 0.0547 e. The van der Waals surface area contributed by atoms with E-state index in [0.29, 0.717) is 0 Å². The van der Waals surface area contributed by atoms with E-state index in [1.165, 1.54) is 303 Å². The van der Waals surface area contributed by atoms with Gasteiger partial charge in [-0.3, -0.25) is 0 Å². The summed E-state index contributed by atoms with van der Waals surface area (Å²) in [5, 5.41) is 23.1. The summed E-state index contributed by atoms with van der Waals surface area (Å²) in [5.41, 5.74) is 47.4. The third kappa shape index (κ3) is 12.4. The Bertz CT molecular complexity index is 11100. The molecule has 150 heavy (non-hydrogen) atoms. The molecule has 25 aromatic carbocycles. The minimum atomic E-state index is 1.16. The van der Waals surface area contributed by atoms with Crippen molar-refractivity contribution in [3.05, 3.63) is 534 Å². The van der Waals surface area contributed by atoms with Gasteiger partial charge in [-0.25, -0.2) is 0 Å². The van der Waals surface area contributed by atoms with E-state index >= 15 is 0 Å². The van der Waals surface area contributed by atoms with Crippen LogP contribution in [0.15, 0.2) is 534 Å². The van der Waals surface area contributed by atoms with Crippen molar-refractivity contribution in [1.82, 2.24) is 27.4 Å². The average Bonchev–Trinajstić information content (AvgIpc) is 1.57. The third-order valence-corrected chi connectivity index (χ3v) is 32.6. The summed E-state index contributed by atoms with van der Waals surface area (Å²) < 4.78 is 14.5. The fraction of sp³-hybridized carbons (Fsp3) is 0. The van der Waals surface area contributed by atoms with Crippen LogP contribution in [0.2, 0.25) is 0 Å². The highest BCUT2D eigenvalue weighted by atomic mass is 15.0. The highest BCUT2D eigenvalue weighted by Crippen LogP contribution is 2.55. The number of fused-ring (bicyclic) bond motifs is 27. The summed E-state index contributed by atoms with van der Waals surface area (Å²) in [5.74, 6) is 0. The van der Waals surface area contributed by atoms with Crippen molar-refractivity contribution in [3.8, 4) is 145 Å². The molecule has 0 spiro atoms. The van der Waals surface area contributed by atoms with Crippen LogP contribution in [0, 0.1) is 0 Å². The first-order valence-corrected chi connectivity index (χ1v) is 51.9. The van der Waals surface area contributed by atoms with Gasteiger partial charge in [-0.05, 0) is 284 Å². The predicted molar refractivity (Wildman–Crippen MR) is 633 cm³/mol. The molecule has 3 aliphatic rings. The monoisotopic (exact) mass is 1900 g/mol. The molecule has 6 heterocycles. The van der Waals surface area contributed by atoms with Gasteiger partial charge in [-0.1, -0.05) is 382 Å². The first-order chi connectivity index (χ1) is 74.5. The highest BCUT2D eigenvalue weighted by molar-refractivity contribution is 6.24. The second-order valence-corrected chi connectivity index (χ2v) is 40.3. The SMILES string of the molecule is c1ccc(-n2c3ccccc3c3cc(-c4ccc5c(c4)c4ccccc4n5-c4ccc(-c5ccc6c7c(cccc57)-c5ccccc5-6)cc4)ccc32)cc1.c1ccc(-n2c3ccccc3c3cc(-c4ccc5c6ccccc6n(-c6ccc7c8c(cccc68)-c6ccccc6-7)c5c4)ccc32)cc1.c1ccc(-n2c3ccccc3c3ccc(-c4ccc5c6ccccc6n(-c6ccc7c8c(cccc68)-c6ccccc6-7)c5c4)cc32)cc1. The molecule has 694 valence electrons. The van der Waals surface area contributed by atoms with Crippen molar-refractivity contribution in [2.75, 3.05) is 0 Å². The van der Waals surface area contributed by atoms with Gasteiger partial charge in [0.25, 0.3) is 0 Å². The number of para-hydroxylation sites is 9. The van der Waals surface area contributed by atoms with Crippen LogP contribution in [0.1, 0.15) is 0 Å². The van der Waals surface area contributed by atoms with Crippen LogP contribution in [0.25, 0.3) is 309 Å². The number of hydrogen-bond acceptors (Lipinski definition) is 0. The second kappa shape index (κ2) is 32.8. The smallest absolute Gasteiger partial charge is 0.0547 e. The van der Waals surface area contributed by atoms with Gasteiger partial charge < -0.3 is 27.4 Å². The fourth-order valence-electron chi connectivity index (χ4n) is 26.1. The molecule has 0 radical (unpaired) electrons. The summed E-state index contributed by atoms with van der Waals surface area (Å²) in [7, 11) is 0. The summed E-state index contributed by atoms with van der Waals surface area (Å²) in [6.07, 6.45) is 0. The van der Waals surface area contributed by atoms with Crippen molar-refractivity contribution in [2.24, 2.45) is 0 Å². The lowest BCUT2D eigenvalue weighted by atomic mass is 9.94. The maximum absolute atomic E-state index is 2.49. The van der Waals surface area contributed by atoms with Gasteiger partial charge in [0.1, 0.15) is 0 Å². The fourth-order valence-corrected chi connectivity index (χ4v) is 26.1. The van der Waals surface area contributed by atoms with Crippen LogP contribution >= 0.6 is 0 Å². The van der Waals surface area contributed by atoms with Crippen LogP contribution in [0.5, 0.6) is 0 Å². The van der Waals surface area contributed by atoms with E-state index in [1.54, 1.807) is 0 Å². The lowest BCUT2D eigenvalue weighted by molar-refractivity contribution is 1.18. The van der Waals surface area contributed by atoms with E-state index in [0.717, 1.165) is 5.69 Å². The lowest BCUT2D eigenvalue weighted by Gasteiger charge is -2.14. The van der Waals surface area contributed by atoms with Crippen molar-refractivity contribution in [1.29, 1.82) is 0 Å². The molecule has 0 amide bonds. The molecule has 6 heteroatoms. The number of rotatable bonds is 10. The molecule has 0 atom stereocenters. The first-order valence-electron chi connectivity index (χ1n) is 51.9. The molecule has 0 bridgehead atoms. The van der Waals surface area contributed by atoms with Gasteiger partial charge >= 0.3 is 0 Å². The topological polar surface area (TPSA) is 29.6 Å². The van der Waals surface area contributed by atoms with Crippen LogP contribution in [-0.4, -0.2) is 27.4 Å². The number of hydrogen-bond donors (Lipinski definition) is 0. The van der Waals surface area contributed by atoms with E-state index in [4.69, 9.17) is 0 Å². The van der Waals surface area contributed by atoms with Gasteiger partial charge in [0.05, 0.1) is 77.6 Å². The normalized spacial score (nSPS) is 12.1. The van der Waals surface area contributed by atoms with E-state index in [2.05, 4.69) is 561 Å². The predicted octanol–water partition coefficient (Wildman–Crippen LogP) is 38.7. The number of benzene rings is 25. The average molecular weight is 1900 g/mol. The zero-order chi connectivity index (χ0) is 98.0. The Morgan fingerprint density at radius 1 is 0.0933 bits per heavy atom. The van der Waals surface area contributed by atoms with Crippen LogP contribution in [0.3, 0.4) is 0 Å². The molecule has 6 nitrogen and oxygen atoms in total. The van der Waals surface area contributed by atoms with Crippen molar-refractivity contribution in [2.45, 2.75) is 0 Å². The van der Waals surface area contributed by atoms with Gasteiger partial charge in [-0.2, -0.15) is 0 Å². The van der Waals surface area contributed by atoms with Gasteiger partial charge in [-0.15, -0.1) is 0 Å². The van der Waals surface area contributed by atoms with Gasteiger partial charge in [0.2, 0.25) is 0 Å². The summed E-state index contributed by atoms with van der Waals surface area (Å²) in [6, 6.07) is 196. The minimum absolute atomic E-state index is 1.16. The summed E-state index contributed by atoms with van der Waals surface area (Å²) in [4.78, 5) is 0. The molecule has 0 fully saturated rings. The maximum atomic E-state index is 2.49. The third-order valence-electron chi connectivity index (χ3n) is 32.6. The lowest BCUT2D eigenvalue weighted by Crippen LogP contribution is -1.96. The Kier molecular flexibility index (Phi) is 18.3. The van der Waals surface area contributed by atoms with E-state index in [-0.39, 0.29) is 0 Å². The molecule has 0 aliphatic heterocycles. The molecule has 0 saturated carbocycles. The van der Waals surface area contributed by atoms with E-state index in [1.807, 2.05) is 0 Å². The van der Waals surface area contributed by atoms with Gasteiger partial charge in [0, 0.05) is 98.2 Å². The second-order valence-electron chi connectivity index (χ2n) is 40.3. The van der Waals surface area contributed by atoms with E-state index in [9.17, 15) is 0 Å². The van der Waals surface area contributed by atoms with Crippen LogP contribution < -0.4 is 0 Å². The quantitative estimate of drug-likeness (QED) is 0.131. The highest BCUT2D eigenvalue weighted by Gasteiger charge is 2.30. The molecular weight excluding hydrogens is 1810 g/mol. The zero-order valence-electron chi connectivity index (χ0n) is 81.5. The van der Waals surface area contributed by atoms with Crippen molar-refractivity contribution in [3.63, 3.8) is 0 Å². The van der Waals surface area contributed by atoms with E-state index < -0.39 is 0 Å². The van der Waals surface area contributed by atoms with Gasteiger partial charge in [0.15, 0.2) is 0 Å². The zero-order valence-corrected chi connectivity index (χ0v) is 81.5. The van der Waals surface area contributed by atoms with Crippen LogP contribution in [0.4, 0.5) is 0 Å². The minimum Gasteiger partial charge on any atom is -0.309 e. The standard InChI is InChI=1S/C52H32N2.2C46H28N2/c1-2-11-36(12-3-1)53-48-19-8-6-15-41(48)46-31-34(23-29-50(46)53)35-24-30-51-47(32-35)42-16-7-9-20-49(42)54(51)37-25-21-33(22-26-37)38-27-28-45-40-14-5-4-13-39(40)44-18-10-17-43(38)52(44)45;1-2-11-31(12-3-1)47-41-19-8-7-16-35(41)40-27-29(22-25-44(40)47)30-21-23-36-34-15-6-9-20-42(34)48(45(36)28-30)43-26-24-38-33-14-5-4-13-32(33)37-17-10-18-39(43)46(37)38;1-2-11-31(12-3-1)47-41-19-8-6-15-34(41)36-23-21-29(27-44(36)47)30-22-24-37-35-16-7-9-20-42(35)48(45(37)28-30)43-26-25-39-33-14-5-4-13-32(33)38-17-10-18-40(43)46(38)39/h1-32H;2*1-28H. The summed E-state index contributed by atoms with van der Waals surface area (Å²) >= 11 is 0. The van der Waals surface area contributed by atoms with Crippen molar-refractivity contribution < 1.29 is 0 Å². The number of aromatic nitrogens is 6. The Labute approximate surface area is 863 Å².